The highest BCUT2D eigenvalue weighted by Crippen LogP contribution is 2.25. The van der Waals surface area contributed by atoms with E-state index in [-0.39, 0.29) is 6.04 Å². The van der Waals surface area contributed by atoms with Gasteiger partial charge in [-0.3, -0.25) is 0 Å². The molecule has 1 saturated carbocycles. The van der Waals surface area contributed by atoms with Crippen LogP contribution in [0.25, 0.3) is 0 Å². The average Bonchev–Trinajstić information content (AvgIpc) is 2.71. The van der Waals surface area contributed by atoms with E-state index in [1.807, 2.05) is 7.05 Å². The van der Waals surface area contributed by atoms with Gasteiger partial charge in [-0.1, -0.05) is 19.8 Å². The molecule has 5 nitrogen and oxygen atoms in total. The largest absolute Gasteiger partial charge is 0.352 e. The summed E-state index contributed by atoms with van der Waals surface area (Å²) in [5.41, 5.74) is 6.39. The number of rotatable bonds is 4. The molecule has 108 valence electrons. The first-order chi connectivity index (χ1) is 8.92. The van der Waals surface area contributed by atoms with E-state index < -0.39 is 10.0 Å². The summed E-state index contributed by atoms with van der Waals surface area (Å²) in [6, 6.07) is 1.71. The predicted molar refractivity (Wildman–Crippen MR) is 75.0 cm³/mol. The van der Waals surface area contributed by atoms with Gasteiger partial charge in [0.2, 0.25) is 10.0 Å². The Labute approximate surface area is 115 Å². The Hall–Kier alpha value is -0.850. The van der Waals surface area contributed by atoms with Crippen molar-refractivity contribution < 1.29 is 8.42 Å². The average molecular weight is 285 g/mol. The molecule has 0 radical (unpaired) electrons. The van der Waals surface area contributed by atoms with Crippen LogP contribution in [0.5, 0.6) is 0 Å². The molecule has 2 unspecified atom stereocenters. The summed E-state index contributed by atoms with van der Waals surface area (Å²) in [5, 5.41) is 0. The van der Waals surface area contributed by atoms with Crippen LogP contribution in [0.4, 0.5) is 0 Å². The Morgan fingerprint density at radius 1 is 1.47 bits per heavy atom. The van der Waals surface area contributed by atoms with Crippen LogP contribution < -0.4 is 10.5 Å². The fraction of sp³-hybridized carbons (Fsp3) is 0.692. The van der Waals surface area contributed by atoms with E-state index in [9.17, 15) is 8.42 Å². The normalized spacial score (nSPS) is 24.6. The maximum Gasteiger partial charge on any atom is 0.242 e. The molecule has 1 aromatic rings. The standard InChI is InChI=1S/C13H23N3O2S/c1-10-4-3-5-11(6-10)15-19(17,18)13-7-12(8-14)16(2)9-13/h7,9-11,15H,3-6,8,14H2,1-2H3. The number of nitrogens with two attached hydrogens (primary N) is 1. The third-order valence-electron chi connectivity index (χ3n) is 3.86. The fourth-order valence-corrected chi connectivity index (χ4v) is 4.13. The molecule has 0 spiro atoms. The van der Waals surface area contributed by atoms with Crippen LogP contribution in [-0.4, -0.2) is 19.0 Å². The van der Waals surface area contributed by atoms with Crippen molar-refractivity contribution in [3.63, 3.8) is 0 Å². The lowest BCUT2D eigenvalue weighted by Gasteiger charge is -2.27. The molecule has 0 bridgehead atoms. The third-order valence-corrected chi connectivity index (χ3v) is 5.35. The molecule has 19 heavy (non-hydrogen) atoms. The van der Waals surface area contributed by atoms with Crippen molar-refractivity contribution in [2.24, 2.45) is 18.7 Å². The number of sulfonamides is 1. The highest BCUT2D eigenvalue weighted by molar-refractivity contribution is 7.89. The van der Waals surface area contributed by atoms with Gasteiger partial charge in [-0.05, 0) is 24.8 Å². The topological polar surface area (TPSA) is 77.1 Å². The quantitative estimate of drug-likeness (QED) is 0.876. The predicted octanol–water partition coefficient (Wildman–Crippen LogP) is 1.34. The van der Waals surface area contributed by atoms with Crippen molar-refractivity contribution in [3.8, 4) is 0 Å². The van der Waals surface area contributed by atoms with Crippen molar-refractivity contribution in [2.75, 3.05) is 0 Å². The van der Waals surface area contributed by atoms with E-state index in [2.05, 4.69) is 11.6 Å². The number of nitrogens with zero attached hydrogens (tertiary/aromatic N) is 1. The Balaban J connectivity index is 2.13. The molecule has 0 aromatic carbocycles. The summed E-state index contributed by atoms with van der Waals surface area (Å²) < 4.78 is 29.2. The molecule has 1 aliphatic carbocycles. The second-order valence-corrected chi connectivity index (χ2v) is 7.29. The molecule has 0 saturated heterocycles. The minimum atomic E-state index is -3.42. The van der Waals surface area contributed by atoms with Crippen LogP contribution in [0.1, 0.15) is 38.3 Å². The first-order valence-electron chi connectivity index (χ1n) is 6.80. The van der Waals surface area contributed by atoms with Crippen LogP contribution >= 0.6 is 0 Å². The highest BCUT2D eigenvalue weighted by atomic mass is 32.2. The summed E-state index contributed by atoms with van der Waals surface area (Å²) in [4.78, 5) is 0.314. The number of hydrogen-bond donors (Lipinski definition) is 2. The minimum Gasteiger partial charge on any atom is -0.352 e. The number of aromatic nitrogens is 1. The maximum atomic E-state index is 12.3. The van der Waals surface area contributed by atoms with Crippen LogP contribution in [0.3, 0.4) is 0 Å². The van der Waals surface area contributed by atoms with E-state index >= 15 is 0 Å². The van der Waals surface area contributed by atoms with Crippen molar-refractivity contribution in [1.29, 1.82) is 0 Å². The maximum absolute atomic E-state index is 12.3. The number of nitrogens with one attached hydrogen (secondary N) is 1. The van der Waals surface area contributed by atoms with Crippen LogP contribution in [0.15, 0.2) is 17.2 Å². The summed E-state index contributed by atoms with van der Waals surface area (Å²) >= 11 is 0. The second kappa shape index (κ2) is 5.64. The van der Waals surface area contributed by atoms with Gasteiger partial charge in [0.1, 0.15) is 0 Å². The highest BCUT2D eigenvalue weighted by Gasteiger charge is 2.25. The van der Waals surface area contributed by atoms with Gasteiger partial charge in [0.25, 0.3) is 0 Å². The van der Waals surface area contributed by atoms with Gasteiger partial charge >= 0.3 is 0 Å². The third kappa shape index (κ3) is 3.38. The van der Waals surface area contributed by atoms with Crippen molar-refractivity contribution in [2.45, 2.75) is 50.1 Å². The Bertz CT molecular complexity index is 536. The summed E-state index contributed by atoms with van der Waals surface area (Å²) in [6.45, 7) is 2.52. The lowest BCUT2D eigenvalue weighted by Crippen LogP contribution is -2.37. The van der Waals surface area contributed by atoms with Crippen molar-refractivity contribution in [1.82, 2.24) is 9.29 Å². The zero-order valence-corrected chi connectivity index (χ0v) is 12.4. The monoisotopic (exact) mass is 285 g/mol. The zero-order chi connectivity index (χ0) is 14.0. The van der Waals surface area contributed by atoms with Gasteiger partial charge in [0.15, 0.2) is 0 Å². The van der Waals surface area contributed by atoms with Gasteiger partial charge < -0.3 is 10.3 Å². The fourth-order valence-electron chi connectivity index (χ4n) is 2.76. The van der Waals surface area contributed by atoms with Crippen LogP contribution in [0.2, 0.25) is 0 Å². The van der Waals surface area contributed by atoms with E-state index in [1.54, 1.807) is 16.8 Å². The Kier molecular flexibility index (Phi) is 4.32. The second-order valence-electron chi connectivity index (χ2n) is 5.57. The summed E-state index contributed by atoms with van der Waals surface area (Å²) in [6.07, 6.45) is 5.77. The number of aryl methyl sites for hydroxylation is 1. The minimum absolute atomic E-state index is 0.0651. The van der Waals surface area contributed by atoms with Gasteiger partial charge in [0.05, 0.1) is 4.90 Å². The Morgan fingerprint density at radius 2 is 2.21 bits per heavy atom. The first kappa shape index (κ1) is 14.6. The van der Waals surface area contributed by atoms with E-state index in [0.717, 1.165) is 25.0 Å². The molecular weight excluding hydrogens is 262 g/mol. The molecule has 1 aromatic heterocycles. The van der Waals surface area contributed by atoms with E-state index in [0.29, 0.717) is 17.4 Å². The molecule has 0 aliphatic heterocycles. The molecule has 3 N–H and O–H groups in total. The molecule has 1 aliphatic rings. The molecule has 1 heterocycles. The molecular formula is C13H23N3O2S. The SMILES string of the molecule is CC1CCCC(NS(=O)(=O)c2cc(CN)n(C)c2)C1. The Morgan fingerprint density at radius 3 is 2.79 bits per heavy atom. The smallest absolute Gasteiger partial charge is 0.242 e. The van der Waals surface area contributed by atoms with Gasteiger partial charge in [-0.15, -0.1) is 0 Å². The lowest BCUT2D eigenvalue weighted by atomic mass is 9.88. The first-order valence-corrected chi connectivity index (χ1v) is 8.28. The van der Waals surface area contributed by atoms with Crippen molar-refractivity contribution >= 4 is 10.0 Å². The van der Waals surface area contributed by atoms with Crippen molar-refractivity contribution in [3.05, 3.63) is 18.0 Å². The van der Waals surface area contributed by atoms with Gasteiger partial charge in [-0.25, -0.2) is 13.1 Å². The molecule has 2 rings (SSSR count). The molecule has 6 heteroatoms. The molecule has 1 fully saturated rings. The summed E-state index contributed by atoms with van der Waals surface area (Å²) in [5.74, 6) is 0.594. The van der Waals surface area contributed by atoms with Gasteiger partial charge in [0, 0.05) is 31.5 Å². The summed E-state index contributed by atoms with van der Waals surface area (Å²) in [7, 11) is -1.61. The zero-order valence-electron chi connectivity index (χ0n) is 11.6. The number of hydrogen-bond acceptors (Lipinski definition) is 3. The van der Waals surface area contributed by atoms with Gasteiger partial charge in [-0.2, -0.15) is 0 Å². The van der Waals surface area contributed by atoms with E-state index in [1.165, 1.54) is 6.42 Å². The molecule has 2 atom stereocenters. The van der Waals surface area contributed by atoms with E-state index in [4.69, 9.17) is 5.73 Å². The lowest BCUT2D eigenvalue weighted by molar-refractivity contribution is 0.327. The van der Waals surface area contributed by atoms with Crippen LogP contribution in [-0.2, 0) is 23.6 Å². The molecule has 0 amide bonds. The van der Waals surface area contributed by atoms with Crippen LogP contribution in [0, 0.1) is 5.92 Å².